The highest BCUT2D eigenvalue weighted by Crippen LogP contribution is 2.43. The molecule has 0 aliphatic carbocycles. The number of fused-ring (bicyclic) bond motifs is 2. The van der Waals surface area contributed by atoms with E-state index >= 15 is 0 Å². The molecule has 2 fully saturated rings. The Kier molecular flexibility index (Phi) is 4.72. The zero-order valence-corrected chi connectivity index (χ0v) is 16.8. The average molecular weight is 443 g/mol. The summed E-state index contributed by atoms with van der Waals surface area (Å²) in [5, 5.41) is 4.16. The van der Waals surface area contributed by atoms with E-state index in [9.17, 15) is 4.39 Å². The van der Waals surface area contributed by atoms with Gasteiger partial charge in [-0.25, -0.2) is 4.39 Å². The largest absolute Gasteiger partial charge is 0.339 e. The summed E-state index contributed by atoms with van der Waals surface area (Å²) in [6.07, 6.45) is 7.70. The molecule has 7 heteroatoms. The fourth-order valence-electron chi connectivity index (χ4n) is 4.60. The standard InChI is InChI=1S/C21H20BrFN4O/c22-16-2-1-14(19(23)11-16)12-27-17-3-4-18(27)10-15(9-17)21-25-20(26-28-21)13-5-7-24-8-6-13/h1-2,5-8,11,15,17-18H,3-4,9-10,12H2/t15?,17-,18+. The van der Waals surface area contributed by atoms with Crippen LogP contribution in [0.5, 0.6) is 0 Å². The molecular formula is C21H20BrFN4O. The minimum atomic E-state index is -0.144. The molecule has 0 saturated carbocycles. The molecule has 2 aliphatic heterocycles. The molecule has 1 aromatic carbocycles. The van der Waals surface area contributed by atoms with E-state index in [1.165, 1.54) is 0 Å². The first-order valence-electron chi connectivity index (χ1n) is 9.61. The van der Waals surface area contributed by atoms with Crippen molar-refractivity contribution in [3.05, 3.63) is 64.5 Å². The topological polar surface area (TPSA) is 55.1 Å². The van der Waals surface area contributed by atoms with Crippen molar-refractivity contribution in [2.75, 3.05) is 0 Å². The minimum absolute atomic E-state index is 0.144. The SMILES string of the molecule is Fc1cc(Br)ccc1CN1[C@@H]2CC[C@H]1CC(c1nc(-c3ccncc3)no1)C2. The number of hydrogen-bond acceptors (Lipinski definition) is 5. The molecule has 0 spiro atoms. The molecule has 0 amide bonds. The van der Waals surface area contributed by atoms with Crippen molar-refractivity contribution in [1.82, 2.24) is 20.0 Å². The highest BCUT2D eigenvalue weighted by Gasteiger charge is 2.42. The second kappa shape index (κ2) is 7.37. The lowest BCUT2D eigenvalue weighted by atomic mass is 9.90. The van der Waals surface area contributed by atoms with E-state index in [-0.39, 0.29) is 11.7 Å². The number of pyridine rings is 1. The van der Waals surface area contributed by atoms with E-state index in [2.05, 4.69) is 36.0 Å². The summed E-state index contributed by atoms with van der Waals surface area (Å²) in [4.78, 5) is 11.1. The molecule has 2 aromatic heterocycles. The van der Waals surface area contributed by atoms with Gasteiger partial charge in [-0.05, 0) is 49.9 Å². The third-order valence-electron chi connectivity index (χ3n) is 5.98. The van der Waals surface area contributed by atoms with E-state index in [1.54, 1.807) is 18.5 Å². The van der Waals surface area contributed by atoms with Crippen LogP contribution in [0.15, 0.2) is 51.7 Å². The van der Waals surface area contributed by atoms with Gasteiger partial charge in [0.15, 0.2) is 0 Å². The van der Waals surface area contributed by atoms with Gasteiger partial charge in [0.2, 0.25) is 11.7 Å². The third-order valence-corrected chi connectivity index (χ3v) is 6.48. The molecule has 2 saturated heterocycles. The number of rotatable bonds is 4. The highest BCUT2D eigenvalue weighted by atomic mass is 79.9. The normalized spacial score (nSPS) is 24.6. The predicted molar refractivity (Wildman–Crippen MR) is 106 cm³/mol. The summed E-state index contributed by atoms with van der Waals surface area (Å²) in [5.41, 5.74) is 1.67. The lowest BCUT2D eigenvalue weighted by molar-refractivity contribution is 0.107. The van der Waals surface area contributed by atoms with E-state index in [4.69, 9.17) is 4.52 Å². The van der Waals surface area contributed by atoms with E-state index in [0.717, 1.165) is 47.2 Å². The molecule has 3 atom stereocenters. The number of piperidine rings is 1. The lowest BCUT2D eigenvalue weighted by Crippen LogP contribution is -2.41. The van der Waals surface area contributed by atoms with Crippen molar-refractivity contribution in [3.8, 4) is 11.4 Å². The second-order valence-corrected chi connectivity index (χ2v) is 8.57. The molecule has 2 bridgehead atoms. The molecule has 1 unspecified atom stereocenters. The van der Waals surface area contributed by atoms with Crippen LogP contribution in [-0.4, -0.2) is 32.1 Å². The average Bonchev–Trinajstić information content (AvgIpc) is 3.27. The molecule has 0 N–H and O–H groups in total. The molecule has 3 aromatic rings. The monoisotopic (exact) mass is 442 g/mol. The fraction of sp³-hybridized carbons (Fsp3) is 0.381. The Bertz CT molecular complexity index is 966. The molecule has 144 valence electrons. The summed E-state index contributed by atoms with van der Waals surface area (Å²) in [7, 11) is 0. The van der Waals surface area contributed by atoms with Crippen molar-refractivity contribution < 1.29 is 8.91 Å². The minimum Gasteiger partial charge on any atom is -0.339 e. The highest BCUT2D eigenvalue weighted by molar-refractivity contribution is 9.10. The van der Waals surface area contributed by atoms with Crippen LogP contribution in [0.1, 0.15) is 43.1 Å². The van der Waals surface area contributed by atoms with Crippen molar-refractivity contribution in [3.63, 3.8) is 0 Å². The van der Waals surface area contributed by atoms with Crippen LogP contribution in [0, 0.1) is 5.82 Å². The van der Waals surface area contributed by atoms with Crippen LogP contribution >= 0.6 is 15.9 Å². The zero-order chi connectivity index (χ0) is 19.1. The number of halogens is 2. The van der Waals surface area contributed by atoms with Gasteiger partial charge in [0.25, 0.3) is 0 Å². The van der Waals surface area contributed by atoms with E-state index in [1.807, 2.05) is 24.3 Å². The molecule has 4 heterocycles. The number of benzene rings is 1. The van der Waals surface area contributed by atoms with Gasteiger partial charge in [0, 0.05) is 52.5 Å². The summed E-state index contributed by atoms with van der Waals surface area (Å²) >= 11 is 3.33. The van der Waals surface area contributed by atoms with Gasteiger partial charge in [-0.3, -0.25) is 9.88 Å². The predicted octanol–water partition coefficient (Wildman–Crippen LogP) is 4.94. The molecule has 28 heavy (non-hydrogen) atoms. The van der Waals surface area contributed by atoms with Crippen LogP contribution in [0.2, 0.25) is 0 Å². The van der Waals surface area contributed by atoms with Gasteiger partial charge in [-0.1, -0.05) is 27.2 Å². The van der Waals surface area contributed by atoms with Gasteiger partial charge in [0.1, 0.15) is 5.82 Å². The van der Waals surface area contributed by atoms with Gasteiger partial charge < -0.3 is 4.52 Å². The Morgan fingerprint density at radius 3 is 2.57 bits per heavy atom. The summed E-state index contributed by atoms with van der Waals surface area (Å²) in [6.45, 7) is 0.660. The Morgan fingerprint density at radius 2 is 1.86 bits per heavy atom. The lowest BCUT2D eigenvalue weighted by Gasteiger charge is -2.37. The molecule has 5 nitrogen and oxygen atoms in total. The Morgan fingerprint density at radius 1 is 1.11 bits per heavy atom. The van der Waals surface area contributed by atoms with Crippen molar-refractivity contribution in [2.24, 2.45) is 0 Å². The maximum absolute atomic E-state index is 14.3. The Hall–Kier alpha value is -2.12. The molecule has 0 radical (unpaired) electrons. The smallest absolute Gasteiger partial charge is 0.230 e. The van der Waals surface area contributed by atoms with Crippen LogP contribution < -0.4 is 0 Å². The Labute approximate surface area is 171 Å². The fourth-order valence-corrected chi connectivity index (χ4v) is 4.93. The first kappa shape index (κ1) is 17.9. The summed E-state index contributed by atoms with van der Waals surface area (Å²) < 4.78 is 20.7. The van der Waals surface area contributed by atoms with Crippen LogP contribution in [0.3, 0.4) is 0 Å². The zero-order valence-electron chi connectivity index (χ0n) is 15.3. The van der Waals surface area contributed by atoms with Crippen LogP contribution in [0.4, 0.5) is 4.39 Å². The van der Waals surface area contributed by atoms with Gasteiger partial charge in [-0.2, -0.15) is 4.98 Å². The Balaban J connectivity index is 1.31. The number of hydrogen-bond donors (Lipinski definition) is 0. The maximum atomic E-state index is 14.3. The molecule has 5 rings (SSSR count). The van der Waals surface area contributed by atoms with E-state index < -0.39 is 0 Å². The molecular weight excluding hydrogens is 423 g/mol. The quantitative estimate of drug-likeness (QED) is 0.572. The van der Waals surface area contributed by atoms with Gasteiger partial charge in [-0.15, -0.1) is 0 Å². The van der Waals surface area contributed by atoms with Crippen LogP contribution in [-0.2, 0) is 6.54 Å². The first-order valence-corrected chi connectivity index (χ1v) is 10.4. The second-order valence-electron chi connectivity index (χ2n) is 7.65. The number of aromatic nitrogens is 3. The van der Waals surface area contributed by atoms with E-state index in [0.29, 0.717) is 24.5 Å². The van der Waals surface area contributed by atoms with Crippen LogP contribution in [0.25, 0.3) is 11.4 Å². The van der Waals surface area contributed by atoms with Crippen molar-refractivity contribution >= 4 is 15.9 Å². The van der Waals surface area contributed by atoms with Gasteiger partial charge in [0.05, 0.1) is 0 Å². The third kappa shape index (κ3) is 3.37. The van der Waals surface area contributed by atoms with Crippen molar-refractivity contribution in [2.45, 2.75) is 50.2 Å². The first-order chi connectivity index (χ1) is 13.7. The van der Waals surface area contributed by atoms with Gasteiger partial charge >= 0.3 is 0 Å². The maximum Gasteiger partial charge on any atom is 0.230 e. The number of nitrogens with zero attached hydrogens (tertiary/aromatic N) is 4. The summed E-state index contributed by atoms with van der Waals surface area (Å²) in [6, 6.07) is 9.96. The van der Waals surface area contributed by atoms with Crippen molar-refractivity contribution in [1.29, 1.82) is 0 Å². The molecule has 2 aliphatic rings. The summed E-state index contributed by atoms with van der Waals surface area (Å²) in [5.74, 6) is 1.46.